The maximum absolute atomic E-state index is 13.1. The van der Waals surface area contributed by atoms with Gasteiger partial charge < -0.3 is 9.88 Å². The Morgan fingerprint density at radius 3 is 2.45 bits per heavy atom. The molecule has 1 aromatic carbocycles. The van der Waals surface area contributed by atoms with Crippen LogP contribution >= 0.6 is 0 Å². The predicted octanol–water partition coefficient (Wildman–Crippen LogP) is 3.92. The number of hydrogen-bond donors (Lipinski definition) is 1. The van der Waals surface area contributed by atoms with Gasteiger partial charge in [0.2, 0.25) is 10.0 Å². The topological polar surface area (TPSA) is 71.4 Å². The molecule has 29 heavy (non-hydrogen) atoms. The Kier molecular flexibility index (Phi) is 6.80. The molecule has 1 heterocycles. The number of allylic oxidation sites excluding steroid dienone is 1. The number of carbonyl (C=O) groups is 1. The minimum Gasteiger partial charge on any atom is -0.348 e. The Hall–Kier alpha value is -2.12. The van der Waals surface area contributed by atoms with E-state index in [4.69, 9.17) is 0 Å². The van der Waals surface area contributed by atoms with Crippen molar-refractivity contribution in [1.82, 2.24) is 14.2 Å². The van der Waals surface area contributed by atoms with Gasteiger partial charge in [-0.05, 0) is 37.1 Å². The molecule has 0 atom stereocenters. The number of benzene rings is 1. The SMILES string of the molecule is C=CCn1c(C(=O)NC2CCCCCCC2)cc2cc(S(=O)(=O)N(C)C)ccc21. The van der Waals surface area contributed by atoms with Gasteiger partial charge in [-0.3, -0.25) is 4.79 Å². The summed E-state index contributed by atoms with van der Waals surface area (Å²) in [6, 6.07) is 6.97. The normalized spacial score (nSPS) is 16.5. The summed E-state index contributed by atoms with van der Waals surface area (Å²) < 4.78 is 28.0. The second-order valence-corrected chi connectivity index (χ2v) is 10.1. The molecule has 0 aliphatic heterocycles. The minimum atomic E-state index is -3.53. The predicted molar refractivity (Wildman–Crippen MR) is 117 cm³/mol. The van der Waals surface area contributed by atoms with Crippen LogP contribution in [0.3, 0.4) is 0 Å². The number of hydrogen-bond acceptors (Lipinski definition) is 3. The summed E-state index contributed by atoms with van der Waals surface area (Å²) in [5, 5.41) is 3.94. The van der Waals surface area contributed by atoms with E-state index in [1.807, 2.05) is 4.57 Å². The molecule has 7 heteroatoms. The number of nitrogens with one attached hydrogen (secondary N) is 1. The van der Waals surface area contributed by atoms with E-state index in [2.05, 4.69) is 11.9 Å². The first-order valence-corrected chi connectivity index (χ1v) is 11.8. The van der Waals surface area contributed by atoms with Crippen molar-refractivity contribution in [3.05, 3.63) is 42.6 Å². The van der Waals surface area contributed by atoms with Gasteiger partial charge in [0, 0.05) is 37.6 Å². The Morgan fingerprint density at radius 2 is 1.83 bits per heavy atom. The lowest BCUT2D eigenvalue weighted by molar-refractivity contribution is 0.0922. The summed E-state index contributed by atoms with van der Waals surface area (Å²) in [7, 11) is -0.511. The molecule has 0 bridgehead atoms. The molecule has 6 nitrogen and oxygen atoms in total. The Bertz CT molecular complexity index is 984. The van der Waals surface area contributed by atoms with Crippen molar-refractivity contribution in [1.29, 1.82) is 0 Å². The van der Waals surface area contributed by atoms with Crippen LogP contribution in [-0.4, -0.2) is 43.3 Å². The van der Waals surface area contributed by atoms with Crippen LogP contribution in [-0.2, 0) is 16.6 Å². The first-order chi connectivity index (χ1) is 13.8. The molecule has 1 fully saturated rings. The molecular formula is C22H31N3O3S. The molecule has 1 aromatic heterocycles. The summed E-state index contributed by atoms with van der Waals surface area (Å²) in [4.78, 5) is 13.3. The number of aromatic nitrogens is 1. The van der Waals surface area contributed by atoms with Crippen LogP contribution in [0.25, 0.3) is 10.9 Å². The van der Waals surface area contributed by atoms with Crippen molar-refractivity contribution in [3.8, 4) is 0 Å². The molecular weight excluding hydrogens is 386 g/mol. The lowest BCUT2D eigenvalue weighted by Crippen LogP contribution is -2.36. The summed E-state index contributed by atoms with van der Waals surface area (Å²) in [5.74, 6) is -0.106. The summed E-state index contributed by atoms with van der Waals surface area (Å²) in [6.45, 7) is 4.29. The van der Waals surface area contributed by atoms with E-state index in [9.17, 15) is 13.2 Å². The van der Waals surface area contributed by atoms with Gasteiger partial charge in [-0.1, -0.05) is 38.2 Å². The molecule has 2 aromatic rings. The van der Waals surface area contributed by atoms with Crippen LogP contribution < -0.4 is 5.32 Å². The number of amides is 1. The highest BCUT2D eigenvalue weighted by Crippen LogP contribution is 2.25. The molecule has 1 aliphatic rings. The van der Waals surface area contributed by atoms with Crippen molar-refractivity contribution < 1.29 is 13.2 Å². The van der Waals surface area contributed by atoms with Crippen LogP contribution in [0.5, 0.6) is 0 Å². The zero-order chi connectivity index (χ0) is 21.0. The van der Waals surface area contributed by atoms with E-state index in [0.29, 0.717) is 12.2 Å². The Balaban J connectivity index is 1.94. The third-order valence-electron chi connectivity index (χ3n) is 5.64. The Morgan fingerprint density at radius 1 is 1.17 bits per heavy atom. The van der Waals surface area contributed by atoms with Crippen LogP contribution in [0.1, 0.15) is 55.4 Å². The van der Waals surface area contributed by atoms with Gasteiger partial charge in [0.15, 0.2) is 0 Å². The van der Waals surface area contributed by atoms with E-state index >= 15 is 0 Å². The molecule has 158 valence electrons. The lowest BCUT2D eigenvalue weighted by Gasteiger charge is -2.21. The van der Waals surface area contributed by atoms with Crippen molar-refractivity contribution in [3.63, 3.8) is 0 Å². The standard InChI is InChI=1S/C22H31N3O3S/c1-4-14-25-20-13-12-19(29(27,28)24(2)3)15-17(20)16-21(25)22(26)23-18-10-8-6-5-7-9-11-18/h4,12-13,15-16,18H,1,5-11,14H2,2-3H3,(H,23,26). The van der Waals surface area contributed by atoms with E-state index in [1.54, 1.807) is 30.3 Å². The van der Waals surface area contributed by atoms with Crippen molar-refractivity contribution in [2.24, 2.45) is 0 Å². The molecule has 0 radical (unpaired) electrons. The summed E-state index contributed by atoms with van der Waals surface area (Å²) in [5.41, 5.74) is 1.37. The molecule has 0 unspecified atom stereocenters. The third kappa shape index (κ3) is 4.73. The number of sulfonamides is 1. The number of rotatable bonds is 6. The zero-order valence-corrected chi connectivity index (χ0v) is 18.2. The first-order valence-electron chi connectivity index (χ1n) is 10.3. The van der Waals surface area contributed by atoms with Gasteiger partial charge in [0.05, 0.1) is 4.90 Å². The van der Waals surface area contributed by atoms with Crippen molar-refractivity contribution in [2.45, 2.75) is 62.4 Å². The van der Waals surface area contributed by atoms with E-state index < -0.39 is 10.0 Å². The second-order valence-electron chi connectivity index (χ2n) is 7.95. The van der Waals surface area contributed by atoms with Gasteiger partial charge in [0.1, 0.15) is 5.69 Å². The summed E-state index contributed by atoms with van der Waals surface area (Å²) in [6.07, 6.45) is 9.80. The van der Waals surface area contributed by atoms with Gasteiger partial charge in [0.25, 0.3) is 5.91 Å². The van der Waals surface area contributed by atoms with Crippen molar-refractivity contribution >= 4 is 26.8 Å². The van der Waals surface area contributed by atoms with E-state index in [0.717, 1.165) is 36.6 Å². The maximum atomic E-state index is 13.1. The molecule has 3 rings (SSSR count). The maximum Gasteiger partial charge on any atom is 0.268 e. The minimum absolute atomic E-state index is 0.106. The molecule has 0 saturated heterocycles. The van der Waals surface area contributed by atoms with Crippen LogP contribution in [0.4, 0.5) is 0 Å². The number of carbonyl (C=O) groups excluding carboxylic acids is 1. The van der Waals surface area contributed by atoms with Crippen LogP contribution in [0.2, 0.25) is 0 Å². The number of nitrogens with zero attached hydrogens (tertiary/aromatic N) is 2. The van der Waals surface area contributed by atoms with Gasteiger partial charge in [-0.2, -0.15) is 0 Å². The van der Waals surface area contributed by atoms with Gasteiger partial charge in [-0.25, -0.2) is 12.7 Å². The number of fused-ring (bicyclic) bond motifs is 1. The van der Waals surface area contributed by atoms with Crippen molar-refractivity contribution in [2.75, 3.05) is 14.1 Å². The average molecular weight is 418 g/mol. The lowest BCUT2D eigenvalue weighted by atomic mass is 9.96. The highest BCUT2D eigenvalue weighted by atomic mass is 32.2. The second kappa shape index (κ2) is 9.13. The van der Waals surface area contributed by atoms with Gasteiger partial charge >= 0.3 is 0 Å². The fraction of sp³-hybridized carbons (Fsp3) is 0.500. The quantitative estimate of drug-likeness (QED) is 0.724. The molecule has 1 amide bonds. The zero-order valence-electron chi connectivity index (χ0n) is 17.4. The van der Waals surface area contributed by atoms with E-state index in [-0.39, 0.29) is 16.8 Å². The molecule has 0 spiro atoms. The first kappa shape index (κ1) is 21.6. The molecule has 1 saturated carbocycles. The molecule has 1 aliphatic carbocycles. The average Bonchev–Trinajstić information content (AvgIpc) is 3.02. The van der Waals surface area contributed by atoms with Crippen LogP contribution in [0.15, 0.2) is 41.8 Å². The fourth-order valence-electron chi connectivity index (χ4n) is 3.99. The fourth-order valence-corrected chi connectivity index (χ4v) is 4.93. The smallest absolute Gasteiger partial charge is 0.268 e. The van der Waals surface area contributed by atoms with E-state index in [1.165, 1.54) is 37.7 Å². The third-order valence-corrected chi connectivity index (χ3v) is 7.45. The molecule has 1 N–H and O–H groups in total. The highest BCUT2D eigenvalue weighted by molar-refractivity contribution is 7.89. The Labute approximate surface area is 173 Å². The van der Waals surface area contributed by atoms with Gasteiger partial charge in [-0.15, -0.1) is 6.58 Å². The largest absolute Gasteiger partial charge is 0.348 e. The summed E-state index contributed by atoms with van der Waals surface area (Å²) >= 11 is 0. The monoisotopic (exact) mass is 417 g/mol. The van der Waals surface area contributed by atoms with Crippen LogP contribution in [0, 0.1) is 0 Å². The highest BCUT2D eigenvalue weighted by Gasteiger charge is 2.22.